The van der Waals surface area contributed by atoms with Gasteiger partial charge >= 0.3 is 0 Å². The monoisotopic (exact) mass is 362 g/mol. The van der Waals surface area contributed by atoms with Crippen LogP contribution in [0.15, 0.2) is 47.4 Å². The van der Waals surface area contributed by atoms with E-state index in [1.54, 1.807) is 37.3 Å². The molecule has 2 aromatic carbocycles. The Morgan fingerprint density at radius 2 is 1.80 bits per heavy atom. The Morgan fingerprint density at radius 1 is 1.16 bits per heavy atom. The topological polar surface area (TPSA) is 75.7 Å². The molecular formula is C18H22N2O4S. The number of anilines is 1. The highest BCUT2D eigenvalue weighted by Gasteiger charge is 2.23. The molecule has 0 fully saturated rings. The first-order valence-corrected chi connectivity index (χ1v) is 9.27. The van der Waals surface area contributed by atoms with Crippen molar-refractivity contribution in [3.05, 3.63) is 53.6 Å². The number of hydrogen-bond donors (Lipinski definition) is 1. The van der Waals surface area contributed by atoms with Gasteiger partial charge in [0.2, 0.25) is 0 Å². The van der Waals surface area contributed by atoms with Crippen molar-refractivity contribution in [2.24, 2.45) is 0 Å². The molecule has 0 spiro atoms. The Bertz CT molecular complexity index is 861. The van der Waals surface area contributed by atoms with Gasteiger partial charge in [-0.15, -0.1) is 0 Å². The van der Waals surface area contributed by atoms with Crippen molar-refractivity contribution in [2.75, 3.05) is 25.0 Å². The van der Waals surface area contributed by atoms with E-state index in [9.17, 15) is 13.2 Å². The number of amides is 1. The van der Waals surface area contributed by atoms with Gasteiger partial charge in [0.15, 0.2) is 0 Å². The number of hydrogen-bond acceptors (Lipinski definition) is 4. The molecule has 25 heavy (non-hydrogen) atoms. The van der Waals surface area contributed by atoms with Crippen LogP contribution in [0.1, 0.15) is 22.8 Å². The van der Waals surface area contributed by atoms with Crippen LogP contribution >= 0.6 is 0 Å². The van der Waals surface area contributed by atoms with Gasteiger partial charge in [-0.3, -0.25) is 9.10 Å². The van der Waals surface area contributed by atoms with Crippen LogP contribution in [0.2, 0.25) is 0 Å². The van der Waals surface area contributed by atoms with E-state index in [-0.39, 0.29) is 10.8 Å². The van der Waals surface area contributed by atoms with Gasteiger partial charge in [0, 0.05) is 19.2 Å². The average molecular weight is 362 g/mol. The number of rotatable bonds is 6. The number of nitrogens with one attached hydrogen (secondary N) is 1. The molecule has 1 amide bonds. The number of benzene rings is 2. The molecule has 1 N–H and O–H groups in total. The smallest absolute Gasteiger partial charge is 0.264 e. The van der Waals surface area contributed by atoms with Crippen molar-refractivity contribution in [3.63, 3.8) is 0 Å². The predicted molar refractivity (Wildman–Crippen MR) is 97.8 cm³/mol. The SMILES string of the molecule is CCNC(=O)c1ccc(N(C)S(=O)(=O)c2ccc(OC)cc2)c(C)c1. The number of carbonyl (C=O) groups excluding carboxylic acids is 1. The van der Waals surface area contributed by atoms with Crippen LogP contribution in [0.4, 0.5) is 5.69 Å². The van der Waals surface area contributed by atoms with Gasteiger partial charge in [0.1, 0.15) is 5.75 Å². The van der Waals surface area contributed by atoms with Crippen molar-refractivity contribution in [3.8, 4) is 5.75 Å². The second kappa shape index (κ2) is 7.57. The third kappa shape index (κ3) is 3.93. The van der Waals surface area contributed by atoms with Gasteiger partial charge < -0.3 is 10.1 Å². The molecule has 2 aromatic rings. The molecule has 0 atom stereocenters. The molecule has 0 heterocycles. The fourth-order valence-corrected chi connectivity index (χ4v) is 3.71. The first-order chi connectivity index (χ1) is 11.8. The van der Waals surface area contributed by atoms with E-state index >= 15 is 0 Å². The summed E-state index contributed by atoms with van der Waals surface area (Å²) in [4.78, 5) is 12.1. The molecule has 134 valence electrons. The summed E-state index contributed by atoms with van der Waals surface area (Å²) >= 11 is 0. The third-order valence-electron chi connectivity index (χ3n) is 3.85. The number of methoxy groups -OCH3 is 1. The quantitative estimate of drug-likeness (QED) is 0.857. The van der Waals surface area contributed by atoms with E-state index in [0.717, 1.165) is 0 Å². The van der Waals surface area contributed by atoms with Crippen LogP contribution in [-0.4, -0.2) is 35.0 Å². The van der Waals surface area contributed by atoms with Gasteiger partial charge in [-0.1, -0.05) is 0 Å². The van der Waals surface area contributed by atoms with E-state index < -0.39 is 10.0 Å². The summed E-state index contributed by atoms with van der Waals surface area (Å²) in [5.74, 6) is 0.405. The third-order valence-corrected chi connectivity index (χ3v) is 5.64. The fraction of sp³-hybridized carbons (Fsp3) is 0.278. The van der Waals surface area contributed by atoms with E-state index in [0.29, 0.717) is 29.1 Å². The molecule has 0 aliphatic rings. The maximum Gasteiger partial charge on any atom is 0.264 e. The Labute approximate surface area is 148 Å². The molecule has 0 bridgehead atoms. The summed E-state index contributed by atoms with van der Waals surface area (Å²) in [6, 6.07) is 11.2. The molecule has 2 rings (SSSR count). The molecule has 7 heteroatoms. The molecule has 6 nitrogen and oxygen atoms in total. The van der Waals surface area contributed by atoms with Gasteiger partial charge in [-0.25, -0.2) is 8.42 Å². The zero-order valence-corrected chi connectivity index (χ0v) is 15.6. The number of nitrogens with zero attached hydrogens (tertiary/aromatic N) is 1. The molecular weight excluding hydrogens is 340 g/mol. The van der Waals surface area contributed by atoms with Gasteiger partial charge in [-0.05, 0) is 61.9 Å². The van der Waals surface area contributed by atoms with Gasteiger partial charge in [-0.2, -0.15) is 0 Å². The van der Waals surface area contributed by atoms with Crippen LogP contribution in [0.25, 0.3) is 0 Å². The van der Waals surface area contributed by atoms with E-state index in [4.69, 9.17) is 4.74 Å². The fourth-order valence-electron chi connectivity index (χ4n) is 2.45. The summed E-state index contributed by atoms with van der Waals surface area (Å²) in [5, 5.41) is 2.72. The summed E-state index contributed by atoms with van der Waals surface area (Å²) in [5.41, 5.74) is 1.71. The highest BCUT2D eigenvalue weighted by Crippen LogP contribution is 2.27. The van der Waals surface area contributed by atoms with Crippen LogP contribution in [0.3, 0.4) is 0 Å². The standard InChI is InChI=1S/C18H22N2O4S/c1-5-19-18(21)14-6-11-17(13(2)12-14)20(3)25(22,23)16-9-7-15(24-4)8-10-16/h6-12H,5H2,1-4H3,(H,19,21). The lowest BCUT2D eigenvalue weighted by atomic mass is 10.1. The summed E-state index contributed by atoms with van der Waals surface area (Å²) in [7, 11) is -0.689. The molecule has 0 saturated heterocycles. The van der Waals surface area contributed by atoms with Crippen LogP contribution < -0.4 is 14.4 Å². The minimum absolute atomic E-state index is 0.169. The van der Waals surface area contributed by atoms with Crippen molar-refractivity contribution in [1.82, 2.24) is 5.32 Å². The molecule has 0 aliphatic carbocycles. The second-order valence-electron chi connectivity index (χ2n) is 5.51. The lowest BCUT2D eigenvalue weighted by Gasteiger charge is -2.22. The molecule has 0 unspecified atom stereocenters. The minimum atomic E-state index is -3.71. The van der Waals surface area contributed by atoms with E-state index in [1.807, 2.05) is 6.92 Å². The lowest BCUT2D eigenvalue weighted by molar-refractivity contribution is 0.0955. The average Bonchev–Trinajstić information content (AvgIpc) is 2.61. The molecule has 0 aliphatic heterocycles. The maximum absolute atomic E-state index is 12.8. The van der Waals surface area contributed by atoms with Gasteiger partial charge in [0.25, 0.3) is 15.9 Å². The largest absolute Gasteiger partial charge is 0.497 e. The lowest BCUT2D eigenvalue weighted by Crippen LogP contribution is -2.27. The van der Waals surface area contributed by atoms with Crippen molar-refractivity contribution in [1.29, 1.82) is 0 Å². The number of ether oxygens (including phenoxy) is 1. The van der Waals surface area contributed by atoms with Crippen LogP contribution in [0, 0.1) is 6.92 Å². The van der Waals surface area contributed by atoms with Crippen LogP contribution in [-0.2, 0) is 10.0 Å². The van der Waals surface area contributed by atoms with Crippen molar-refractivity contribution >= 4 is 21.6 Å². The van der Waals surface area contributed by atoms with Crippen molar-refractivity contribution in [2.45, 2.75) is 18.7 Å². The first kappa shape index (κ1) is 18.8. The predicted octanol–water partition coefficient (Wildman–Crippen LogP) is 2.58. The zero-order valence-electron chi connectivity index (χ0n) is 14.7. The highest BCUT2D eigenvalue weighted by atomic mass is 32.2. The van der Waals surface area contributed by atoms with Gasteiger partial charge in [0.05, 0.1) is 17.7 Å². The normalized spacial score (nSPS) is 11.0. The second-order valence-corrected chi connectivity index (χ2v) is 7.48. The highest BCUT2D eigenvalue weighted by molar-refractivity contribution is 7.92. The maximum atomic E-state index is 12.8. The Hall–Kier alpha value is -2.54. The van der Waals surface area contributed by atoms with E-state index in [2.05, 4.69) is 5.32 Å². The summed E-state index contributed by atoms with van der Waals surface area (Å²) < 4.78 is 31.9. The summed E-state index contributed by atoms with van der Waals surface area (Å²) in [6.07, 6.45) is 0. The van der Waals surface area contributed by atoms with Crippen LogP contribution in [0.5, 0.6) is 5.75 Å². The first-order valence-electron chi connectivity index (χ1n) is 7.83. The number of aryl methyl sites for hydroxylation is 1. The Balaban J connectivity index is 2.35. The molecule has 0 saturated carbocycles. The molecule has 0 radical (unpaired) electrons. The molecule has 0 aromatic heterocycles. The number of sulfonamides is 1. The minimum Gasteiger partial charge on any atom is -0.497 e. The zero-order chi connectivity index (χ0) is 18.6. The Morgan fingerprint density at radius 3 is 2.32 bits per heavy atom. The number of carbonyl (C=O) groups is 1. The Kier molecular flexibility index (Phi) is 5.69. The van der Waals surface area contributed by atoms with Crippen molar-refractivity contribution < 1.29 is 17.9 Å². The summed E-state index contributed by atoms with van der Waals surface area (Å²) in [6.45, 7) is 4.15. The van der Waals surface area contributed by atoms with E-state index in [1.165, 1.54) is 30.6 Å².